The molecule has 88 valence electrons. The minimum atomic E-state index is -0.850. The van der Waals surface area contributed by atoms with Crippen LogP contribution < -0.4 is 0 Å². The average Bonchev–Trinajstić information content (AvgIpc) is 2.27. The molecule has 2 rings (SSSR count). The third-order valence-corrected chi connectivity index (χ3v) is 3.13. The van der Waals surface area contributed by atoms with Crippen molar-refractivity contribution in [3.63, 3.8) is 0 Å². The van der Waals surface area contributed by atoms with Gasteiger partial charge in [0.15, 0.2) is 0 Å². The molecule has 0 amide bonds. The zero-order chi connectivity index (χ0) is 12.6. The van der Waals surface area contributed by atoms with Crippen LogP contribution in [-0.2, 0) is 0 Å². The van der Waals surface area contributed by atoms with E-state index in [1.807, 2.05) is 45.0 Å². The monoisotopic (exact) mass is 228 g/mol. The van der Waals surface area contributed by atoms with Gasteiger partial charge in [-0.05, 0) is 40.8 Å². The number of benzene rings is 2. The van der Waals surface area contributed by atoms with Gasteiger partial charge in [-0.2, -0.15) is 0 Å². The molecule has 0 unspecified atom stereocenters. The largest absolute Gasteiger partial charge is 0.478 e. The van der Waals surface area contributed by atoms with Crippen LogP contribution >= 0.6 is 0 Å². The summed E-state index contributed by atoms with van der Waals surface area (Å²) in [6.45, 7) is 6.11. The van der Waals surface area contributed by atoms with Crippen molar-refractivity contribution in [3.05, 3.63) is 47.0 Å². The fourth-order valence-corrected chi connectivity index (χ4v) is 2.35. The summed E-state index contributed by atoms with van der Waals surface area (Å²) in [6, 6.07) is 9.65. The van der Waals surface area contributed by atoms with E-state index in [9.17, 15) is 9.90 Å². The molecule has 17 heavy (non-hydrogen) atoms. The third kappa shape index (κ3) is 1.91. The molecule has 2 aromatic carbocycles. The maximum Gasteiger partial charge on any atom is 0.335 e. The first kappa shape index (κ1) is 11.6. The minimum absolute atomic E-state index is 0.201. The average molecular weight is 228 g/mol. The number of fused-ring (bicyclic) bond motifs is 1. The Kier molecular flexibility index (Phi) is 2.88. The number of carboxylic acid groups (broad SMARTS) is 1. The predicted molar refractivity (Wildman–Crippen MR) is 69.7 cm³/mol. The molecule has 0 heterocycles. The fourth-order valence-electron chi connectivity index (χ4n) is 2.35. The highest BCUT2D eigenvalue weighted by atomic mass is 16.4. The molecular weight excluding hydrogens is 212 g/mol. The van der Waals surface area contributed by atoms with Crippen molar-refractivity contribution < 1.29 is 9.90 Å². The van der Waals surface area contributed by atoms with E-state index in [2.05, 4.69) is 0 Å². The number of aryl methyl sites for hydroxylation is 1. The van der Waals surface area contributed by atoms with Crippen molar-refractivity contribution >= 4 is 16.7 Å². The summed E-state index contributed by atoms with van der Waals surface area (Å²) in [5.41, 5.74) is 2.53. The molecule has 0 aromatic heterocycles. The highest BCUT2D eigenvalue weighted by molar-refractivity contribution is 5.99. The first-order valence-electron chi connectivity index (χ1n) is 5.78. The third-order valence-electron chi connectivity index (χ3n) is 3.13. The summed E-state index contributed by atoms with van der Waals surface area (Å²) in [5.74, 6) is -0.649. The fraction of sp³-hybridized carbons (Fsp3) is 0.267. The van der Waals surface area contributed by atoms with Crippen LogP contribution in [0.4, 0.5) is 0 Å². The Hall–Kier alpha value is -1.83. The predicted octanol–water partition coefficient (Wildman–Crippen LogP) is 3.97. The molecule has 0 saturated heterocycles. The van der Waals surface area contributed by atoms with Crippen LogP contribution in [0.25, 0.3) is 10.8 Å². The maximum atomic E-state index is 11.3. The molecule has 0 aliphatic heterocycles. The maximum absolute atomic E-state index is 11.3. The van der Waals surface area contributed by atoms with Crippen LogP contribution in [0.1, 0.15) is 41.3 Å². The van der Waals surface area contributed by atoms with Crippen LogP contribution in [-0.4, -0.2) is 11.1 Å². The van der Waals surface area contributed by atoms with E-state index < -0.39 is 5.97 Å². The molecule has 1 N–H and O–H groups in total. The number of aromatic carboxylic acids is 1. The zero-order valence-corrected chi connectivity index (χ0v) is 10.3. The summed E-state index contributed by atoms with van der Waals surface area (Å²) in [4.78, 5) is 11.3. The standard InChI is InChI=1S/C15H16O2/c1-9(2)14-12-6-4-5-10(3)11(12)7-8-13(14)15(16)17/h4-9H,1-3H3,(H,16,17). The Balaban J connectivity index is 2.89. The lowest BCUT2D eigenvalue weighted by Gasteiger charge is -2.14. The molecular formula is C15H16O2. The summed E-state index contributed by atoms with van der Waals surface area (Å²) >= 11 is 0. The van der Waals surface area contributed by atoms with Crippen LogP contribution in [0.2, 0.25) is 0 Å². The van der Waals surface area contributed by atoms with Gasteiger partial charge in [0.2, 0.25) is 0 Å². The summed E-state index contributed by atoms with van der Waals surface area (Å²) in [7, 11) is 0. The SMILES string of the molecule is Cc1cccc2c(C(C)C)c(C(=O)O)ccc12. The minimum Gasteiger partial charge on any atom is -0.478 e. The number of carboxylic acids is 1. The van der Waals surface area contributed by atoms with Gasteiger partial charge in [0.25, 0.3) is 0 Å². The van der Waals surface area contributed by atoms with Crippen LogP contribution in [0, 0.1) is 6.92 Å². The van der Waals surface area contributed by atoms with E-state index in [-0.39, 0.29) is 5.92 Å². The normalized spacial score (nSPS) is 11.1. The van der Waals surface area contributed by atoms with Crippen molar-refractivity contribution in [2.24, 2.45) is 0 Å². The Morgan fingerprint density at radius 3 is 2.41 bits per heavy atom. The highest BCUT2D eigenvalue weighted by Crippen LogP contribution is 2.30. The Morgan fingerprint density at radius 2 is 1.82 bits per heavy atom. The van der Waals surface area contributed by atoms with E-state index in [4.69, 9.17) is 0 Å². The van der Waals surface area contributed by atoms with Gasteiger partial charge in [0.05, 0.1) is 5.56 Å². The molecule has 0 saturated carbocycles. The number of carbonyl (C=O) groups is 1. The Bertz CT molecular complexity index is 583. The molecule has 0 aliphatic carbocycles. The lowest BCUT2D eigenvalue weighted by atomic mass is 9.90. The molecule has 0 aliphatic rings. The summed E-state index contributed by atoms with van der Waals surface area (Å²) in [6.07, 6.45) is 0. The Morgan fingerprint density at radius 1 is 1.12 bits per heavy atom. The number of hydrogen-bond acceptors (Lipinski definition) is 1. The molecule has 0 radical (unpaired) electrons. The van der Waals surface area contributed by atoms with Gasteiger partial charge in [-0.1, -0.05) is 38.1 Å². The van der Waals surface area contributed by atoms with E-state index in [1.165, 1.54) is 5.56 Å². The van der Waals surface area contributed by atoms with E-state index in [0.717, 1.165) is 16.3 Å². The topological polar surface area (TPSA) is 37.3 Å². The van der Waals surface area contributed by atoms with E-state index in [0.29, 0.717) is 5.56 Å². The van der Waals surface area contributed by atoms with Gasteiger partial charge < -0.3 is 5.11 Å². The molecule has 0 atom stereocenters. The zero-order valence-electron chi connectivity index (χ0n) is 10.3. The van der Waals surface area contributed by atoms with Gasteiger partial charge in [-0.3, -0.25) is 0 Å². The quantitative estimate of drug-likeness (QED) is 0.844. The molecule has 0 bridgehead atoms. The molecule has 2 nitrogen and oxygen atoms in total. The van der Waals surface area contributed by atoms with E-state index >= 15 is 0 Å². The lowest BCUT2D eigenvalue weighted by molar-refractivity contribution is 0.0695. The van der Waals surface area contributed by atoms with Crippen LogP contribution in [0.3, 0.4) is 0 Å². The molecule has 2 aromatic rings. The second-order valence-electron chi connectivity index (χ2n) is 4.66. The second kappa shape index (κ2) is 4.21. The van der Waals surface area contributed by atoms with Crippen molar-refractivity contribution in [1.29, 1.82) is 0 Å². The van der Waals surface area contributed by atoms with Gasteiger partial charge in [-0.25, -0.2) is 4.79 Å². The second-order valence-corrected chi connectivity index (χ2v) is 4.66. The van der Waals surface area contributed by atoms with Gasteiger partial charge in [0.1, 0.15) is 0 Å². The van der Waals surface area contributed by atoms with Gasteiger partial charge in [0, 0.05) is 0 Å². The van der Waals surface area contributed by atoms with Crippen LogP contribution in [0.5, 0.6) is 0 Å². The molecule has 2 heteroatoms. The molecule has 0 fully saturated rings. The van der Waals surface area contributed by atoms with Crippen molar-refractivity contribution in [3.8, 4) is 0 Å². The summed E-state index contributed by atoms with van der Waals surface area (Å²) in [5, 5.41) is 11.4. The Labute approximate surface area is 101 Å². The van der Waals surface area contributed by atoms with Gasteiger partial charge >= 0.3 is 5.97 Å². The first-order valence-corrected chi connectivity index (χ1v) is 5.78. The molecule has 0 spiro atoms. The van der Waals surface area contributed by atoms with Crippen molar-refractivity contribution in [2.75, 3.05) is 0 Å². The van der Waals surface area contributed by atoms with Crippen molar-refractivity contribution in [1.82, 2.24) is 0 Å². The highest BCUT2D eigenvalue weighted by Gasteiger charge is 2.16. The van der Waals surface area contributed by atoms with Gasteiger partial charge in [-0.15, -0.1) is 0 Å². The lowest BCUT2D eigenvalue weighted by Crippen LogP contribution is -2.04. The summed E-state index contributed by atoms with van der Waals surface area (Å²) < 4.78 is 0. The smallest absolute Gasteiger partial charge is 0.335 e. The van der Waals surface area contributed by atoms with Crippen molar-refractivity contribution in [2.45, 2.75) is 26.7 Å². The number of rotatable bonds is 2. The number of hydrogen-bond donors (Lipinski definition) is 1. The van der Waals surface area contributed by atoms with E-state index in [1.54, 1.807) is 6.07 Å². The first-order chi connectivity index (χ1) is 8.02. The van der Waals surface area contributed by atoms with Crippen LogP contribution in [0.15, 0.2) is 30.3 Å².